The third-order valence-corrected chi connectivity index (χ3v) is 8.50. The average Bonchev–Trinajstić information content (AvgIpc) is 3.41. The van der Waals surface area contributed by atoms with Crippen LogP contribution in [0.25, 0.3) is 16.6 Å². The maximum Gasteiger partial charge on any atom is 0.188 e. The SMILES string of the molecule is Cc1cc(C2=CN(Cc3ccc4c(c3)ncn4C)C(O)C(F)=C2)nc(SCCC(OCc2ccccc2F)c2ccccc2)n1. The Morgan fingerprint density at radius 3 is 2.62 bits per heavy atom. The van der Waals surface area contributed by atoms with E-state index in [1.54, 1.807) is 41.7 Å². The van der Waals surface area contributed by atoms with Gasteiger partial charge in [0.2, 0.25) is 0 Å². The minimum absolute atomic E-state index is 0.159. The monoisotopic (exact) mass is 625 g/mol. The first-order chi connectivity index (χ1) is 21.8. The molecule has 0 saturated heterocycles. The number of ether oxygens (including phenoxy) is 1. The predicted octanol–water partition coefficient (Wildman–Crippen LogP) is 7.28. The van der Waals surface area contributed by atoms with E-state index in [2.05, 4.69) is 9.97 Å². The van der Waals surface area contributed by atoms with E-state index in [0.29, 0.717) is 34.2 Å². The number of thioether (sulfide) groups is 1. The van der Waals surface area contributed by atoms with Gasteiger partial charge in [-0.1, -0.05) is 66.4 Å². The second-order valence-corrected chi connectivity index (χ2v) is 12.0. The minimum atomic E-state index is -1.40. The van der Waals surface area contributed by atoms with Crippen LogP contribution in [-0.2, 0) is 24.9 Å². The predicted molar refractivity (Wildman–Crippen MR) is 172 cm³/mol. The summed E-state index contributed by atoms with van der Waals surface area (Å²) in [6, 6.07) is 24.2. The molecule has 45 heavy (non-hydrogen) atoms. The van der Waals surface area contributed by atoms with Crippen molar-refractivity contribution in [3.63, 3.8) is 0 Å². The van der Waals surface area contributed by atoms with Crippen LogP contribution in [-0.4, -0.2) is 41.5 Å². The van der Waals surface area contributed by atoms with Gasteiger partial charge in [-0.2, -0.15) is 0 Å². The number of rotatable bonds is 11. The molecule has 7 nitrogen and oxygen atoms in total. The molecular weight excluding hydrogens is 592 g/mol. The first kappa shape index (κ1) is 30.6. The third kappa shape index (κ3) is 7.30. The van der Waals surface area contributed by atoms with Crippen LogP contribution >= 0.6 is 11.8 Å². The van der Waals surface area contributed by atoms with Crippen LogP contribution in [0.3, 0.4) is 0 Å². The molecule has 230 valence electrons. The highest BCUT2D eigenvalue weighted by Gasteiger charge is 2.25. The molecule has 1 N–H and O–H groups in total. The van der Waals surface area contributed by atoms with Gasteiger partial charge in [0.15, 0.2) is 11.4 Å². The van der Waals surface area contributed by atoms with Crippen LogP contribution in [0, 0.1) is 12.7 Å². The Bertz CT molecular complexity index is 1860. The van der Waals surface area contributed by atoms with E-state index in [1.165, 1.54) is 23.9 Å². The lowest BCUT2D eigenvalue weighted by Gasteiger charge is -2.29. The molecule has 5 aromatic rings. The van der Waals surface area contributed by atoms with Gasteiger partial charge in [-0.05, 0) is 54.8 Å². The molecule has 1 aliphatic rings. The lowest BCUT2D eigenvalue weighted by atomic mass is 10.1. The molecule has 0 saturated carbocycles. The number of aromatic nitrogens is 4. The maximum atomic E-state index is 15.0. The summed E-state index contributed by atoms with van der Waals surface area (Å²) in [6.45, 7) is 2.32. The molecule has 3 aromatic carbocycles. The topological polar surface area (TPSA) is 76.3 Å². The lowest BCUT2D eigenvalue weighted by Crippen LogP contribution is -2.33. The normalized spacial score (nSPS) is 15.7. The van der Waals surface area contributed by atoms with E-state index in [0.717, 1.165) is 27.9 Å². The molecule has 10 heteroatoms. The summed E-state index contributed by atoms with van der Waals surface area (Å²) in [6.07, 6.45) is 3.80. The quantitative estimate of drug-likeness (QED) is 0.122. The molecule has 0 aliphatic carbocycles. The second kappa shape index (κ2) is 13.7. The molecule has 2 aromatic heterocycles. The summed E-state index contributed by atoms with van der Waals surface area (Å²) in [5, 5.41) is 11.2. The molecule has 0 bridgehead atoms. The molecule has 1 aliphatic heterocycles. The zero-order valence-electron chi connectivity index (χ0n) is 25.0. The van der Waals surface area contributed by atoms with E-state index < -0.39 is 12.1 Å². The van der Waals surface area contributed by atoms with Crippen LogP contribution in [0.5, 0.6) is 0 Å². The highest BCUT2D eigenvalue weighted by atomic mass is 32.2. The largest absolute Gasteiger partial charge is 0.369 e. The number of hydrogen-bond donors (Lipinski definition) is 1. The van der Waals surface area contributed by atoms with Gasteiger partial charge >= 0.3 is 0 Å². The summed E-state index contributed by atoms with van der Waals surface area (Å²) in [5.41, 5.74) is 6.09. The van der Waals surface area contributed by atoms with Crippen molar-refractivity contribution in [1.82, 2.24) is 24.4 Å². The summed E-state index contributed by atoms with van der Waals surface area (Å²) >= 11 is 1.48. The van der Waals surface area contributed by atoms with Crippen LogP contribution in [0.15, 0.2) is 108 Å². The number of fused-ring (bicyclic) bond motifs is 1. The van der Waals surface area contributed by atoms with Gasteiger partial charge < -0.3 is 19.3 Å². The maximum absolute atomic E-state index is 15.0. The smallest absolute Gasteiger partial charge is 0.188 e. The van der Waals surface area contributed by atoms with Gasteiger partial charge in [-0.25, -0.2) is 23.7 Å². The summed E-state index contributed by atoms with van der Waals surface area (Å²) in [7, 11) is 1.93. The number of imidazole rings is 1. The molecule has 6 rings (SSSR count). The fourth-order valence-electron chi connectivity index (χ4n) is 5.26. The van der Waals surface area contributed by atoms with Crippen molar-refractivity contribution in [2.45, 2.75) is 44.0 Å². The molecule has 0 spiro atoms. The first-order valence-corrected chi connectivity index (χ1v) is 15.6. The van der Waals surface area contributed by atoms with Crippen LogP contribution in [0.2, 0.25) is 0 Å². The van der Waals surface area contributed by atoms with Gasteiger partial charge in [-0.3, -0.25) is 0 Å². The second-order valence-electron chi connectivity index (χ2n) is 11.0. The number of aliphatic hydroxyl groups is 1. The number of nitrogens with zero attached hydrogens (tertiary/aromatic N) is 5. The number of aliphatic hydroxyl groups excluding tert-OH is 1. The number of benzene rings is 3. The van der Waals surface area contributed by atoms with Crippen LogP contribution < -0.4 is 0 Å². The van der Waals surface area contributed by atoms with Crippen molar-refractivity contribution in [3.05, 3.63) is 137 Å². The number of allylic oxidation sites excluding steroid dienone is 2. The molecule has 2 unspecified atom stereocenters. The number of halogens is 2. The van der Waals surface area contributed by atoms with Crippen LogP contribution in [0.4, 0.5) is 8.78 Å². The fraction of sp³-hybridized carbons (Fsp3) is 0.229. The third-order valence-electron chi connectivity index (χ3n) is 7.62. The number of hydrogen-bond acceptors (Lipinski definition) is 7. The van der Waals surface area contributed by atoms with E-state index in [-0.39, 0.29) is 25.1 Å². The minimum Gasteiger partial charge on any atom is -0.369 e. The van der Waals surface area contributed by atoms with Gasteiger partial charge in [0.1, 0.15) is 11.6 Å². The van der Waals surface area contributed by atoms with Crippen molar-refractivity contribution in [1.29, 1.82) is 0 Å². The molecule has 2 atom stereocenters. The Morgan fingerprint density at radius 1 is 1.00 bits per heavy atom. The molecule has 0 amide bonds. The first-order valence-electron chi connectivity index (χ1n) is 14.7. The molecular formula is C35H33F2N5O2S. The Morgan fingerprint density at radius 2 is 1.80 bits per heavy atom. The zero-order valence-corrected chi connectivity index (χ0v) is 25.8. The highest BCUT2D eigenvalue weighted by molar-refractivity contribution is 7.99. The zero-order chi connectivity index (χ0) is 31.3. The van der Waals surface area contributed by atoms with Gasteiger partial charge in [0.25, 0.3) is 0 Å². The fourth-order valence-corrected chi connectivity index (χ4v) is 6.15. The van der Waals surface area contributed by atoms with Crippen molar-refractivity contribution < 1.29 is 18.6 Å². The lowest BCUT2D eigenvalue weighted by molar-refractivity contribution is 0.0364. The Labute approximate surface area is 264 Å². The molecule has 0 radical (unpaired) electrons. The Hall–Kier alpha value is -4.38. The van der Waals surface area contributed by atoms with Gasteiger partial charge in [0.05, 0.1) is 35.8 Å². The number of aryl methyl sites for hydroxylation is 2. The van der Waals surface area contributed by atoms with E-state index in [1.807, 2.05) is 67.1 Å². The van der Waals surface area contributed by atoms with E-state index in [4.69, 9.17) is 9.72 Å². The summed E-state index contributed by atoms with van der Waals surface area (Å²) in [5.74, 6) is -0.305. The van der Waals surface area contributed by atoms with E-state index in [9.17, 15) is 9.50 Å². The van der Waals surface area contributed by atoms with E-state index >= 15 is 4.39 Å². The summed E-state index contributed by atoms with van der Waals surface area (Å²) in [4.78, 5) is 15.3. The van der Waals surface area contributed by atoms with Crippen LogP contribution in [0.1, 0.15) is 40.6 Å². The Kier molecular flexibility index (Phi) is 9.34. The molecule has 0 fully saturated rings. The highest BCUT2D eigenvalue weighted by Crippen LogP contribution is 2.31. The standard InChI is InChI=1S/C35H33F2N5O2S/c1-23-16-30(27-18-29(37)34(43)42(20-27)19-24-12-13-32-31(17-24)38-22-41(32)2)40-35(39-23)45-15-14-33(25-8-4-3-5-9-25)44-21-26-10-6-7-11-28(26)36/h3-13,16-18,20,22,33-34,43H,14-15,19,21H2,1-2H3. The van der Waals surface area contributed by atoms with Crippen molar-refractivity contribution in [3.8, 4) is 0 Å². The molecule has 3 heterocycles. The van der Waals surface area contributed by atoms with Crippen molar-refractivity contribution >= 4 is 28.4 Å². The van der Waals surface area contributed by atoms with Crippen molar-refractivity contribution in [2.75, 3.05) is 5.75 Å². The van der Waals surface area contributed by atoms with Crippen molar-refractivity contribution in [2.24, 2.45) is 7.05 Å². The van der Waals surface area contributed by atoms with Gasteiger partial charge in [-0.15, -0.1) is 0 Å². The van der Waals surface area contributed by atoms with Gasteiger partial charge in [0, 0.05) is 42.4 Å². The summed E-state index contributed by atoms with van der Waals surface area (Å²) < 4.78 is 37.4. The Balaban J connectivity index is 1.16. The average molecular weight is 626 g/mol.